The van der Waals surface area contributed by atoms with E-state index in [2.05, 4.69) is 46.5 Å². The van der Waals surface area contributed by atoms with Crippen LogP contribution in [0.15, 0.2) is 59.1 Å². The van der Waals surface area contributed by atoms with Gasteiger partial charge in [-0.05, 0) is 141 Å². The van der Waals surface area contributed by atoms with Crippen LogP contribution in [-0.2, 0) is 38.1 Å². The fraction of sp³-hybridized carbons (Fsp3) is 0.738. The Balaban J connectivity index is 0.000000178. The number of halogens is 6. The molecule has 0 bridgehead atoms. The Morgan fingerprint density at radius 3 is 1.62 bits per heavy atom. The second-order valence-corrected chi connectivity index (χ2v) is 21.9. The third-order valence-corrected chi connectivity index (χ3v) is 18.0. The van der Waals surface area contributed by atoms with Crippen LogP contribution < -0.4 is 0 Å². The van der Waals surface area contributed by atoms with E-state index in [1.54, 1.807) is 12.2 Å². The van der Waals surface area contributed by atoms with Gasteiger partial charge in [-0.1, -0.05) is 57.6 Å². The number of hydrogen-bond donors (Lipinski definition) is 0. The molecule has 8 rings (SSSR count). The summed E-state index contributed by atoms with van der Waals surface area (Å²) >= 11 is 0. The van der Waals surface area contributed by atoms with Gasteiger partial charge in [0.15, 0.2) is 0 Å². The zero-order chi connectivity index (χ0) is 42.5. The third-order valence-electron chi connectivity index (χ3n) is 16.0. The average Bonchev–Trinajstić information content (AvgIpc) is 3.62. The summed E-state index contributed by atoms with van der Waals surface area (Å²) in [5.74, 6) is 1.29. The summed E-state index contributed by atoms with van der Waals surface area (Å²) in [6, 6.07) is 0. The lowest BCUT2D eigenvalue weighted by atomic mass is 9.48. The summed E-state index contributed by atoms with van der Waals surface area (Å²) in [6.45, 7) is 9.72. The standard InChI is InChI=1S/C22H29F3O5S.C20H25F3O3S/c1-13(26)29-15-8-10-20(2)14(12-15)4-5-16-17-6-7-19(21(17,3)11-9-18(16)20)30-31(27,28)22(23,24)25;1-18-11-4-3-5-13(18)6-7-14-15-8-9-17(19(15,2)12-10-16(14)18)26-27(24,25)20(21,22)23/h4,7,15-18H,5-6,8-12H2,1-3H3;3,5-6,9,14-16H,4,7-8,10-12H2,1-2H3/t15-,16?,17?,18?,20-,21-;14?,15?,16?,18-,19-/m00/s1. The highest BCUT2D eigenvalue weighted by Crippen LogP contribution is 2.67. The smallest absolute Gasteiger partial charge is 0.462 e. The molecule has 0 N–H and O–H groups in total. The number of fused-ring (bicyclic) bond motifs is 10. The van der Waals surface area contributed by atoms with E-state index in [-0.39, 0.29) is 52.2 Å². The number of allylic oxidation sites excluding steroid dienone is 9. The van der Waals surface area contributed by atoms with E-state index in [4.69, 9.17) is 4.74 Å². The van der Waals surface area contributed by atoms with Gasteiger partial charge in [-0.3, -0.25) is 4.79 Å². The summed E-state index contributed by atoms with van der Waals surface area (Å²) in [5, 5.41) is 0. The number of alkyl halides is 6. The van der Waals surface area contributed by atoms with Crippen LogP contribution in [0.25, 0.3) is 0 Å². The molecule has 3 saturated carbocycles. The molecule has 8 aliphatic carbocycles. The van der Waals surface area contributed by atoms with E-state index < -0.39 is 42.1 Å². The zero-order valence-electron chi connectivity index (χ0n) is 33.5. The Hall–Kier alpha value is -2.75. The van der Waals surface area contributed by atoms with Gasteiger partial charge in [-0.2, -0.15) is 43.2 Å². The zero-order valence-corrected chi connectivity index (χ0v) is 35.2. The van der Waals surface area contributed by atoms with Crippen molar-refractivity contribution in [3.63, 3.8) is 0 Å². The molecular weight excluding hydrogens is 811 g/mol. The fourth-order valence-corrected chi connectivity index (χ4v) is 14.1. The molecule has 0 aromatic carbocycles. The van der Waals surface area contributed by atoms with Crippen LogP contribution in [0.3, 0.4) is 0 Å². The molecule has 0 spiro atoms. The first-order valence-electron chi connectivity index (χ1n) is 20.4. The van der Waals surface area contributed by atoms with Gasteiger partial charge < -0.3 is 13.1 Å². The molecule has 324 valence electrons. The molecule has 0 aromatic heterocycles. The molecule has 58 heavy (non-hydrogen) atoms. The van der Waals surface area contributed by atoms with Crippen molar-refractivity contribution >= 4 is 26.2 Å². The molecular formula is C42H54F6O8S2. The minimum atomic E-state index is -5.67. The Labute approximate surface area is 337 Å². The molecule has 8 aliphatic rings. The number of ether oxygens (including phenoxy) is 1. The summed E-state index contributed by atoms with van der Waals surface area (Å²) in [6.07, 6.45) is 22.3. The quantitative estimate of drug-likeness (QED) is 0.0883. The maximum Gasteiger partial charge on any atom is 0.534 e. The van der Waals surface area contributed by atoms with Crippen LogP contribution in [0, 0.1) is 57.2 Å². The highest BCUT2D eigenvalue weighted by Gasteiger charge is 2.61. The van der Waals surface area contributed by atoms with Crippen molar-refractivity contribution in [1.29, 1.82) is 0 Å². The minimum absolute atomic E-state index is 0.00764. The molecule has 3 fully saturated rings. The highest BCUT2D eigenvalue weighted by atomic mass is 32.2. The predicted molar refractivity (Wildman–Crippen MR) is 203 cm³/mol. The van der Waals surface area contributed by atoms with Gasteiger partial charge in [0.05, 0.1) is 0 Å². The van der Waals surface area contributed by atoms with Crippen molar-refractivity contribution in [3.05, 3.63) is 59.1 Å². The van der Waals surface area contributed by atoms with Crippen LogP contribution >= 0.6 is 0 Å². The van der Waals surface area contributed by atoms with Gasteiger partial charge in [0.1, 0.15) is 17.6 Å². The molecule has 16 heteroatoms. The van der Waals surface area contributed by atoms with Crippen LogP contribution in [0.5, 0.6) is 0 Å². The Kier molecular flexibility index (Phi) is 10.8. The number of rotatable bonds is 5. The van der Waals surface area contributed by atoms with Crippen LogP contribution in [0.2, 0.25) is 0 Å². The van der Waals surface area contributed by atoms with Crippen molar-refractivity contribution in [2.45, 2.75) is 135 Å². The topological polar surface area (TPSA) is 113 Å². The molecule has 0 aromatic rings. The van der Waals surface area contributed by atoms with Crippen molar-refractivity contribution in [1.82, 2.24) is 0 Å². The lowest BCUT2D eigenvalue weighted by Crippen LogP contribution is -2.50. The normalized spacial score (nSPS) is 40.6. The van der Waals surface area contributed by atoms with Crippen molar-refractivity contribution in [3.8, 4) is 0 Å². The average molecular weight is 865 g/mol. The summed E-state index contributed by atoms with van der Waals surface area (Å²) in [7, 11) is -11.3. The molecule has 0 radical (unpaired) electrons. The first kappa shape index (κ1) is 43.3. The number of carbonyl (C=O) groups is 1. The summed E-state index contributed by atoms with van der Waals surface area (Å²) in [5.41, 5.74) is -9.40. The number of carbonyl (C=O) groups excluding carboxylic acids is 1. The third kappa shape index (κ3) is 7.08. The van der Waals surface area contributed by atoms with Crippen molar-refractivity contribution in [2.24, 2.45) is 57.2 Å². The van der Waals surface area contributed by atoms with Gasteiger partial charge in [-0.15, -0.1) is 0 Å². The molecule has 0 saturated heterocycles. The van der Waals surface area contributed by atoms with Crippen LogP contribution in [-0.4, -0.2) is 39.9 Å². The Morgan fingerprint density at radius 2 is 1.12 bits per heavy atom. The monoisotopic (exact) mass is 864 g/mol. The number of esters is 1. The van der Waals surface area contributed by atoms with E-state index >= 15 is 0 Å². The van der Waals surface area contributed by atoms with E-state index in [1.165, 1.54) is 18.1 Å². The van der Waals surface area contributed by atoms with Crippen molar-refractivity contribution in [2.75, 3.05) is 0 Å². The molecule has 8 nitrogen and oxygen atoms in total. The van der Waals surface area contributed by atoms with Gasteiger partial charge in [0, 0.05) is 24.2 Å². The Bertz CT molecular complexity index is 2070. The maximum absolute atomic E-state index is 12.9. The largest absolute Gasteiger partial charge is 0.534 e. The molecule has 11 atom stereocenters. The van der Waals surface area contributed by atoms with E-state index in [1.807, 2.05) is 13.8 Å². The molecule has 0 amide bonds. The lowest BCUT2D eigenvalue weighted by molar-refractivity contribution is -0.148. The second kappa shape index (κ2) is 14.4. The summed E-state index contributed by atoms with van der Waals surface area (Å²) in [4.78, 5) is 11.4. The van der Waals surface area contributed by atoms with Gasteiger partial charge in [-0.25, -0.2) is 0 Å². The fourth-order valence-electron chi connectivity index (χ4n) is 12.9. The molecule has 0 heterocycles. The van der Waals surface area contributed by atoms with Crippen molar-refractivity contribution < 1.29 is 61.1 Å². The SMILES string of the molecule is CC(=O)O[C@H]1CC[C@@]2(C)C(=CCC3C2CC[C@]2(C)C(OS(=O)(=O)C(F)(F)F)=CCC32)C1.C[C@]12CCC=CC1=CCC1C2CC[C@]2(C)C(OS(=O)(=O)C(F)(F)F)=CCC12. The van der Waals surface area contributed by atoms with Gasteiger partial charge in [0.25, 0.3) is 0 Å². The Morgan fingerprint density at radius 1 is 0.638 bits per heavy atom. The first-order chi connectivity index (χ1) is 26.8. The van der Waals surface area contributed by atoms with Crippen LogP contribution in [0.1, 0.15) is 118 Å². The van der Waals surface area contributed by atoms with E-state index in [9.17, 15) is 48.0 Å². The minimum Gasteiger partial charge on any atom is -0.462 e. The van der Waals surface area contributed by atoms with Crippen LogP contribution in [0.4, 0.5) is 26.3 Å². The highest BCUT2D eigenvalue weighted by molar-refractivity contribution is 7.88. The maximum atomic E-state index is 12.9. The molecule has 0 aliphatic heterocycles. The first-order valence-corrected chi connectivity index (χ1v) is 23.3. The van der Waals surface area contributed by atoms with E-state index in [0.717, 1.165) is 57.8 Å². The summed E-state index contributed by atoms with van der Waals surface area (Å²) < 4.78 is 138. The molecule has 6 unspecified atom stereocenters. The van der Waals surface area contributed by atoms with Gasteiger partial charge >= 0.3 is 37.2 Å². The second-order valence-electron chi connectivity index (χ2n) is 18.9. The van der Waals surface area contributed by atoms with E-state index in [0.29, 0.717) is 43.4 Å². The lowest BCUT2D eigenvalue weighted by Gasteiger charge is -2.57. The predicted octanol–water partition coefficient (Wildman–Crippen LogP) is 10.7. The van der Waals surface area contributed by atoms with Gasteiger partial charge in [0.2, 0.25) is 0 Å². The number of hydrogen-bond acceptors (Lipinski definition) is 8.